The van der Waals surface area contributed by atoms with Crippen molar-refractivity contribution in [2.24, 2.45) is 0 Å². The SMILES string of the molecule is COc1cc(-c2ccc3c(c2)Nc2ccc(N4CCCS4(=O)=O)cc2NC3=O)ccc1Cl. The molecule has 2 aliphatic heterocycles. The standard InChI is InChI=1S/C23H20ClN3O4S/c1-31-22-12-15(4-7-18(22)24)14-3-6-17-20(11-14)25-19-8-5-16(13-21(19)26-23(17)28)27-9-2-10-32(27,29)30/h3-8,11-13,25H,2,9-10H2,1H3,(H,26,28). The zero-order valence-corrected chi connectivity index (χ0v) is 18.8. The Morgan fingerprint density at radius 3 is 2.47 bits per heavy atom. The number of amides is 1. The lowest BCUT2D eigenvalue weighted by Gasteiger charge is -2.19. The maximum Gasteiger partial charge on any atom is 0.257 e. The summed E-state index contributed by atoms with van der Waals surface area (Å²) in [6.45, 7) is 0.441. The van der Waals surface area contributed by atoms with Crippen LogP contribution in [0.15, 0.2) is 54.6 Å². The molecule has 1 amide bonds. The lowest BCUT2D eigenvalue weighted by molar-refractivity contribution is 0.102. The highest BCUT2D eigenvalue weighted by Crippen LogP contribution is 2.38. The second-order valence-electron chi connectivity index (χ2n) is 7.66. The number of methoxy groups -OCH3 is 1. The minimum Gasteiger partial charge on any atom is -0.495 e. The van der Waals surface area contributed by atoms with Crippen molar-refractivity contribution in [3.8, 4) is 16.9 Å². The summed E-state index contributed by atoms with van der Waals surface area (Å²) in [5.74, 6) is 0.436. The first-order chi connectivity index (χ1) is 15.4. The normalized spacial score (nSPS) is 16.4. The van der Waals surface area contributed by atoms with Crippen LogP contribution in [-0.4, -0.2) is 33.7 Å². The predicted octanol–water partition coefficient (Wildman–Crippen LogP) is 4.86. The fourth-order valence-corrected chi connectivity index (χ4v) is 5.78. The largest absolute Gasteiger partial charge is 0.495 e. The summed E-state index contributed by atoms with van der Waals surface area (Å²) >= 11 is 6.14. The van der Waals surface area contributed by atoms with E-state index >= 15 is 0 Å². The molecule has 7 nitrogen and oxygen atoms in total. The molecule has 0 atom stereocenters. The van der Waals surface area contributed by atoms with Gasteiger partial charge >= 0.3 is 0 Å². The molecule has 0 spiro atoms. The number of nitrogens with one attached hydrogen (secondary N) is 2. The van der Waals surface area contributed by atoms with Crippen molar-refractivity contribution >= 4 is 50.3 Å². The molecule has 0 aliphatic carbocycles. The maximum absolute atomic E-state index is 12.9. The molecule has 2 aliphatic rings. The number of benzene rings is 3. The average Bonchev–Trinajstić information content (AvgIpc) is 3.06. The van der Waals surface area contributed by atoms with Crippen LogP contribution in [0.3, 0.4) is 0 Å². The first kappa shape index (κ1) is 20.7. The third-order valence-corrected chi connectivity index (χ3v) is 7.84. The number of nitrogens with zero attached hydrogens (tertiary/aromatic N) is 1. The zero-order valence-electron chi connectivity index (χ0n) is 17.2. The molecule has 2 heterocycles. The van der Waals surface area contributed by atoms with Gasteiger partial charge in [-0.2, -0.15) is 0 Å². The van der Waals surface area contributed by atoms with Crippen LogP contribution in [0.1, 0.15) is 16.8 Å². The third kappa shape index (κ3) is 3.55. The van der Waals surface area contributed by atoms with Gasteiger partial charge in [-0.15, -0.1) is 0 Å². The van der Waals surface area contributed by atoms with Crippen molar-refractivity contribution in [3.63, 3.8) is 0 Å². The fourth-order valence-electron chi connectivity index (χ4n) is 4.03. The van der Waals surface area contributed by atoms with Gasteiger partial charge < -0.3 is 15.4 Å². The summed E-state index contributed by atoms with van der Waals surface area (Å²) in [4.78, 5) is 12.9. The van der Waals surface area contributed by atoms with E-state index in [1.165, 1.54) is 4.31 Å². The molecule has 3 aromatic carbocycles. The van der Waals surface area contributed by atoms with Gasteiger partial charge in [-0.1, -0.05) is 23.7 Å². The van der Waals surface area contributed by atoms with E-state index in [4.69, 9.17) is 16.3 Å². The number of hydrogen-bond donors (Lipinski definition) is 2. The lowest BCUT2D eigenvalue weighted by atomic mass is 10.0. The first-order valence-electron chi connectivity index (χ1n) is 10.1. The minimum absolute atomic E-state index is 0.137. The van der Waals surface area contributed by atoms with Crippen molar-refractivity contribution in [2.75, 3.05) is 34.3 Å². The van der Waals surface area contributed by atoms with Crippen molar-refractivity contribution in [2.45, 2.75) is 6.42 Å². The molecule has 0 unspecified atom stereocenters. The Morgan fingerprint density at radius 2 is 1.72 bits per heavy atom. The van der Waals surface area contributed by atoms with Gasteiger partial charge in [-0.25, -0.2) is 8.42 Å². The topological polar surface area (TPSA) is 87.7 Å². The number of ether oxygens (including phenoxy) is 1. The predicted molar refractivity (Wildman–Crippen MR) is 127 cm³/mol. The van der Waals surface area contributed by atoms with Crippen molar-refractivity contribution < 1.29 is 17.9 Å². The second-order valence-corrected chi connectivity index (χ2v) is 10.1. The van der Waals surface area contributed by atoms with Crippen LogP contribution in [0.2, 0.25) is 5.02 Å². The molecule has 32 heavy (non-hydrogen) atoms. The monoisotopic (exact) mass is 469 g/mol. The second kappa shape index (κ2) is 7.72. The zero-order chi connectivity index (χ0) is 22.5. The molecule has 1 saturated heterocycles. The average molecular weight is 470 g/mol. The summed E-state index contributed by atoms with van der Waals surface area (Å²) in [6.07, 6.45) is 0.591. The smallest absolute Gasteiger partial charge is 0.257 e. The first-order valence-corrected chi connectivity index (χ1v) is 12.1. The summed E-state index contributed by atoms with van der Waals surface area (Å²) in [5.41, 5.74) is 4.68. The quantitative estimate of drug-likeness (QED) is 0.571. The van der Waals surface area contributed by atoms with Gasteiger partial charge in [0.1, 0.15) is 5.75 Å². The number of fused-ring (bicyclic) bond motifs is 2. The van der Waals surface area contributed by atoms with E-state index in [9.17, 15) is 13.2 Å². The van der Waals surface area contributed by atoms with E-state index in [-0.39, 0.29) is 11.7 Å². The third-order valence-electron chi connectivity index (χ3n) is 5.66. The molecule has 3 aromatic rings. The Kier molecular flexibility index (Phi) is 4.98. The number of carbonyl (C=O) groups is 1. The number of hydrogen-bond acceptors (Lipinski definition) is 5. The summed E-state index contributed by atoms with van der Waals surface area (Å²) < 4.78 is 31.3. The van der Waals surface area contributed by atoms with E-state index in [1.807, 2.05) is 24.3 Å². The lowest BCUT2D eigenvalue weighted by Crippen LogP contribution is -2.25. The Balaban J connectivity index is 1.52. The summed E-state index contributed by atoms with van der Waals surface area (Å²) in [5, 5.41) is 6.73. The number of rotatable bonds is 3. The molecule has 0 saturated carbocycles. The number of sulfonamides is 1. The highest BCUT2D eigenvalue weighted by atomic mass is 35.5. The molecule has 0 aromatic heterocycles. The molecule has 1 fully saturated rings. The van der Waals surface area contributed by atoms with Gasteiger partial charge in [-0.05, 0) is 60.0 Å². The highest BCUT2D eigenvalue weighted by molar-refractivity contribution is 7.93. The van der Waals surface area contributed by atoms with Crippen molar-refractivity contribution in [1.29, 1.82) is 0 Å². The molecule has 2 N–H and O–H groups in total. The van der Waals surface area contributed by atoms with Gasteiger partial charge in [0.15, 0.2) is 0 Å². The molecular formula is C23H20ClN3O4S. The van der Waals surface area contributed by atoms with Gasteiger partial charge in [0.25, 0.3) is 5.91 Å². The van der Waals surface area contributed by atoms with Crippen LogP contribution in [0.4, 0.5) is 22.7 Å². The molecular weight excluding hydrogens is 450 g/mol. The van der Waals surface area contributed by atoms with Crippen LogP contribution >= 0.6 is 11.6 Å². The van der Waals surface area contributed by atoms with Crippen molar-refractivity contribution in [1.82, 2.24) is 0 Å². The Morgan fingerprint density at radius 1 is 0.938 bits per heavy atom. The maximum atomic E-state index is 12.9. The van der Waals surface area contributed by atoms with E-state index in [0.29, 0.717) is 52.1 Å². The van der Waals surface area contributed by atoms with Gasteiger partial charge in [0.05, 0.1) is 46.2 Å². The van der Waals surface area contributed by atoms with E-state index in [0.717, 1.165) is 11.1 Å². The summed E-state index contributed by atoms with van der Waals surface area (Å²) in [6, 6.07) is 16.2. The van der Waals surface area contributed by atoms with Gasteiger partial charge in [0, 0.05) is 6.54 Å². The fraction of sp³-hybridized carbons (Fsp3) is 0.174. The molecule has 0 bridgehead atoms. The van der Waals surface area contributed by atoms with Crippen molar-refractivity contribution in [3.05, 3.63) is 65.2 Å². The Bertz CT molecular complexity index is 1360. The number of halogens is 1. The molecule has 9 heteroatoms. The van der Waals surface area contributed by atoms with Crippen LogP contribution in [0.25, 0.3) is 11.1 Å². The molecule has 5 rings (SSSR count). The number of carbonyl (C=O) groups excluding carboxylic acids is 1. The highest BCUT2D eigenvalue weighted by Gasteiger charge is 2.29. The van der Waals surface area contributed by atoms with Crippen LogP contribution < -0.4 is 19.7 Å². The van der Waals surface area contributed by atoms with E-state index < -0.39 is 10.0 Å². The van der Waals surface area contributed by atoms with Gasteiger partial charge in [0.2, 0.25) is 10.0 Å². The molecule has 164 valence electrons. The number of anilines is 4. The van der Waals surface area contributed by atoms with E-state index in [2.05, 4.69) is 10.6 Å². The minimum atomic E-state index is -3.31. The van der Waals surface area contributed by atoms with Crippen LogP contribution in [0.5, 0.6) is 5.75 Å². The summed E-state index contributed by atoms with van der Waals surface area (Å²) in [7, 11) is -1.75. The van der Waals surface area contributed by atoms with Gasteiger partial charge in [-0.3, -0.25) is 9.10 Å². The Labute approximate surface area is 191 Å². The molecule has 0 radical (unpaired) electrons. The van der Waals surface area contributed by atoms with E-state index in [1.54, 1.807) is 37.4 Å². The Hall–Kier alpha value is -3.23. The van der Waals surface area contributed by atoms with Crippen LogP contribution in [0, 0.1) is 0 Å². The van der Waals surface area contributed by atoms with Crippen LogP contribution in [-0.2, 0) is 10.0 Å².